The van der Waals surface area contributed by atoms with Gasteiger partial charge < -0.3 is 8.97 Å². The summed E-state index contributed by atoms with van der Waals surface area (Å²) in [5.41, 5.74) is 9.98. The van der Waals surface area contributed by atoms with Crippen LogP contribution in [0.25, 0.3) is 76.7 Å². The van der Waals surface area contributed by atoms with E-state index in [2.05, 4.69) is 142 Å². The van der Waals surface area contributed by atoms with Gasteiger partial charge in [-0.3, -0.25) is 0 Å². The Balaban J connectivity index is 0.00000120. The zero-order chi connectivity index (χ0) is 26.8. The molecule has 0 saturated carbocycles. The van der Waals surface area contributed by atoms with E-state index in [-0.39, 0.29) is 0 Å². The smallest absolute Gasteiger partial charge is 0.0622 e. The highest BCUT2D eigenvalue weighted by Gasteiger charge is 2.20. The predicted molar refractivity (Wildman–Crippen MR) is 172 cm³/mol. The van der Waals surface area contributed by atoms with E-state index in [4.69, 9.17) is 0 Å². The van der Waals surface area contributed by atoms with Crippen molar-refractivity contribution in [3.8, 4) is 16.8 Å². The minimum absolute atomic E-state index is 1.20. The van der Waals surface area contributed by atoms with E-state index in [9.17, 15) is 0 Å². The number of fused-ring (bicyclic) bond motifs is 9. The number of para-hydroxylation sites is 3. The molecule has 190 valence electrons. The van der Waals surface area contributed by atoms with Crippen LogP contribution in [0.3, 0.4) is 0 Å². The molecule has 0 amide bonds. The molecule has 0 N–H and O–H groups in total. The number of rotatable bonds is 2. The molecule has 6 aromatic carbocycles. The van der Waals surface area contributed by atoms with Gasteiger partial charge >= 0.3 is 0 Å². The summed E-state index contributed by atoms with van der Waals surface area (Å²) in [7, 11) is 0. The minimum Gasteiger partial charge on any atom is -0.309 e. The Bertz CT molecular complexity index is 2250. The lowest BCUT2D eigenvalue weighted by molar-refractivity contribution is 1.19. The molecule has 3 heterocycles. The maximum absolute atomic E-state index is 2.45. The predicted octanol–water partition coefficient (Wildman–Crippen LogP) is 10.6. The molecule has 3 aromatic heterocycles. The van der Waals surface area contributed by atoms with Crippen molar-refractivity contribution in [1.82, 2.24) is 8.97 Å². The maximum atomic E-state index is 2.45. The van der Waals surface area contributed by atoms with Crippen LogP contribution in [0.2, 0.25) is 0 Å². The first kappa shape index (κ1) is 22.9. The molecule has 0 spiro atoms. The molecule has 9 aromatic rings. The second-order valence-electron chi connectivity index (χ2n) is 10.2. The second kappa shape index (κ2) is 8.72. The molecule has 0 bridgehead atoms. The highest BCUT2D eigenvalue weighted by molar-refractivity contribution is 6.24. The van der Waals surface area contributed by atoms with E-state index < -0.39 is 0 Å². The SMILES string of the molecule is CC.c1ccc(-c2ccc3c(c2)c2ccccc2n3-c2cc3c4ccccc4n4c5ccccc5c(c2)c34)cc1. The quantitative estimate of drug-likeness (QED) is 0.218. The van der Waals surface area contributed by atoms with Crippen LogP contribution in [0.1, 0.15) is 13.8 Å². The minimum atomic E-state index is 1.20. The molecule has 2 heteroatoms. The van der Waals surface area contributed by atoms with Gasteiger partial charge in [0.2, 0.25) is 0 Å². The van der Waals surface area contributed by atoms with E-state index in [0.717, 1.165) is 0 Å². The lowest BCUT2D eigenvalue weighted by Crippen LogP contribution is -1.94. The van der Waals surface area contributed by atoms with Gasteiger partial charge in [0.05, 0.1) is 27.6 Å². The van der Waals surface area contributed by atoms with Gasteiger partial charge in [-0.15, -0.1) is 0 Å². The van der Waals surface area contributed by atoms with Crippen molar-refractivity contribution in [2.75, 3.05) is 0 Å². The Morgan fingerprint density at radius 2 is 0.875 bits per heavy atom. The summed E-state index contributed by atoms with van der Waals surface area (Å²) in [4.78, 5) is 0. The highest BCUT2D eigenvalue weighted by Crippen LogP contribution is 2.42. The van der Waals surface area contributed by atoms with Crippen LogP contribution in [0.15, 0.2) is 133 Å². The molecule has 40 heavy (non-hydrogen) atoms. The topological polar surface area (TPSA) is 9.34 Å². The van der Waals surface area contributed by atoms with Gasteiger partial charge in [-0.1, -0.05) is 105 Å². The van der Waals surface area contributed by atoms with Crippen molar-refractivity contribution in [3.63, 3.8) is 0 Å². The van der Waals surface area contributed by atoms with Crippen LogP contribution in [0.5, 0.6) is 0 Å². The van der Waals surface area contributed by atoms with Crippen molar-refractivity contribution in [3.05, 3.63) is 133 Å². The maximum Gasteiger partial charge on any atom is 0.0622 e. The van der Waals surface area contributed by atoms with E-state index in [1.807, 2.05) is 13.8 Å². The largest absolute Gasteiger partial charge is 0.309 e. The van der Waals surface area contributed by atoms with Crippen molar-refractivity contribution in [1.29, 1.82) is 0 Å². The summed E-state index contributed by atoms with van der Waals surface area (Å²) in [5, 5.41) is 7.76. The standard InChI is InChI=1S/C36H22N2.C2H6/c1-2-10-23(11-3-1)24-18-19-35-29(20-24)26-12-4-7-15-32(26)37(35)25-21-30-27-13-5-8-16-33(27)38-34-17-9-6-14-28(34)31(22-25)36(30)38;1-2/h1-22H;1-2H3. The number of nitrogens with zero attached hydrogens (tertiary/aromatic N) is 2. The molecule has 2 nitrogen and oxygen atoms in total. The summed E-state index contributed by atoms with van der Waals surface area (Å²) < 4.78 is 4.89. The van der Waals surface area contributed by atoms with E-state index in [1.54, 1.807) is 0 Å². The van der Waals surface area contributed by atoms with Gasteiger partial charge in [0.1, 0.15) is 0 Å². The monoisotopic (exact) mass is 512 g/mol. The van der Waals surface area contributed by atoms with Gasteiger partial charge in [0, 0.05) is 38.0 Å². The Morgan fingerprint density at radius 1 is 0.375 bits per heavy atom. The zero-order valence-corrected chi connectivity index (χ0v) is 22.6. The van der Waals surface area contributed by atoms with Crippen molar-refractivity contribution < 1.29 is 0 Å². The van der Waals surface area contributed by atoms with Crippen LogP contribution < -0.4 is 0 Å². The number of aromatic nitrogens is 2. The zero-order valence-electron chi connectivity index (χ0n) is 22.6. The number of benzene rings is 6. The van der Waals surface area contributed by atoms with Gasteiger partial charge in [-0.2, -0.15) is 0 Å². The third-order valence-electron chi connectivity index (χ3n) is 8.23. The van der Waals surface area contributed by atoms with E-state index in [1.165, 1.54) is 76.7 Å². The molecule has 0 saturated heterocycles. The normalized spacial score (nSPS) is 11.8. The fourth-order valence-corrected chi connectivity index (χ4v) is 6.62. The highest BCUT2D eigenvalue weighted by atomic mass is 15.0. The van der Waals surface area contributed by atoms with Gasteiger partial charge in [-0.05, 0) is 53.6 Å². The van der Waals surface area contributed by atoms with Gasteiger partial charge in [0.25, 0.3) is 0 Å². The van der Waals surface area contributed by atoms with Crippen LogP contribution >= 0.6 is 0 Å². The second-order valence-corrected chi connectivity index (χ2v) is 10.2. The average Bonchev–Trinajstić information content (AvgIpc) is 3.67. The molecule has 0 atom stereocenters. The first-order valence-corrected chi connectivity index (χ1v) is 14.1. The molecule has 0 radical (unpaired) electrons. The summed E-state index contributed by atoms with van der Waals surface area (Å²) >= 11 is 0. The summed E-state index contributed by atoms with van der Waals surface area (Å²) in [6, 6.07) is 48.7. The number of hydrogen-bond acceptors (Lipinski definition) is 0. The Kier molecular flexibility index (Phi) is 4.99. The molecular weight excluding hydrogens is 484 g/mol. The Hall–Kier alpha value is -5.08. The van der Waals surface area contributed by atoms with Gasteiger partial charge in [0.15, 0.2) is 0 Å². The first-order chi connectivity index (χ1) is 19.9. The molecule has 0 fully saturated rings. The lowest BCUT2D eigenvalue weighted by atomic mass is 10.0. The summed E-state index contributed by atoms with van der Waals surface area (Å²) in [6.45, 7) is 4.00. The van der Waals surface area contributed by atoms with E-state index in [0.29, 0.717) is 0 Å². The molecular formula is C38H28N2. The molecule has 0 aliphatic rings. The van der Waals surface area contributed by atoms with Crippen LogP contribution in [0.4, 0.5) is 0 Å². The van der Waals surface area contributed by atoms with Crippen molar-refractivity contribution in [2.45, 2.75) is 13.8 Å². The third-order valence-corrected chi connectivity index (χ3v) is 8.23. The molecule has 0 aliphatic heterocycles. The Labute approximate surface area is 232 Å². The number of hydrogen-bond donors (Lipinski definition) is 0. The fraction of sp³-hybridized carbons (Fsp3) is 0.0526. The fourth-order valence-electron chi connectivity index (χ4n) is 6.62. The first-order valence-electron chi connectivity index (χ1n) is 14.1. The molecule has 0 unspecified atom stereocenters. The van der Waals surface area contributed by atoms with Crippen LogP contribution in [-0.2, 0) is 0 Å². The van der Waals surface area contributed by atoms with Crippen molar-refractivity contribution >= 4 is 59.9 Å². The van der Waals surface area contributed by atoms with Gasteiger partial charge in [-0.25, -0.2) is 0 Å². The van der Waals surface area contributed by atoms with Crippen molar-refractivity contribution in [2.24, 2.45) is 0 Å². The third kappa shape index (κ3) is 3.05. The summed E-state index contributed by atoms with van der Waals surface area (Å²) in [6.07, 6.45) is 0. The van der Waals surface area contributed by atoms with Crippen LogP contribution in [0, 0.1) is 0 Å². The van der Waals surface area contributed by atoms with E-state index >= 15 is 0 Å². The molecule has 0 aliphatic carbocycles. The lowest BCUT2D eigenvalue weighted by Gasteiger charge is -2.10. The Morgan fingerprint density at radius 3 is 1.50 bits per heavy atom. The average molecular weight is 513 g/mol. The molecule has 9 rings (SSSR count). The van der Waals surface area contributed by atoms with Crippen LogP contribution in [-0.4, -0.2) is 8.97 Å². The summed E-state index contributed by atoms with van der Waals surface area (Å²) in [5.74, 6) is 0.